The summed E-state index contributed by atoms with van der Waals surface area (Å²) in [6, 6.07) is 6.60. The van der Waals surface area contributed by atoms with Gasteiger partial charge < -0.3 is 20.5 Å². The maximum Gasteiger partial charge on any atom is 0.258 e. The Bertz CT molecular complexity index is 1220. The van der Waals surface area contributed by atoms with Crippen molar-refractivity contribution < 1.29 is 37.4 Å². The molecule has 4 fully saturated rings. The molecule has 6 rings (SSSR count). The quantitative estimate of drug-likeness (QED) is 0.419. The van der Waals surface area contributed by atoms with Crippen molar-refractivity contribution in [3.8, 4) is 5.75 Å². The van der Waals surface area contributed by atoms with Crippen LogP contribution in [0.3, 0.4) is 0 Å². The average Bonchev–Trinajstić information content (AvgIpc) is 3.36. The second kappa shape index (κ2) is 10.4. The zero-order valence-electron chi connectivity index (χ0n) is 20.2. The minimum atomic E-state index is -0.964. The van der Waals surface area contributed by atoms with Crippen LogP contribution in [0.4, 0.5) is 13.2 Å². The Morgan fingerprint density at radius 3 is 2.45 bits per heavy atom. The van der Waals surface area contributed by atoms with Crippen molar-refractivity contribution in [3.63, 3.8) is 0 Å². The van der Waals surface area contributed by atoms with E-state index in [1.165, 1.54) is 18.2 Å². The van der Waals surface area contributed by atoms with Gasteiger partial charge in [0.15, 0.2) is 12.7 Å². The standard InChI is InChI=1S/C26H27ClF3N3O5/c27-15-5-4-14(10-18(15)30)37-13-22(35)31-26-8-6-25(7-9-26,12-21(26)34)32-24(36)20-11-19(33-38-20)23-16(28)2-1-3-17(23)29/h1-5,10,19-21,33-34H,6-9,11-13H2,(H,31,35)(H,32,36). The number of ether oxygens (including phenoxy) is 1. The Labute approximate surface area is 221 Å². The van der Waals surface area contributed by atoms with E-state index in [9.17, 15) is 27.9 Å². The molecule has 1 saturated heterocycles. The summed E-state index contributed by atoms with van der Waals surface area (Å²) in [5, 5.41) is 16.8. The number of hydroxylamine groups is 1. The summed E-state index contributed by atoms with van der Waals surface area (Å²) < 4.78 is 47.2. The molecule has 3 saturated carbocycles. The maximum absolute atomic E-state index is 14.1. The summed E-state index contributed by atoms with van der Waals surface area (Å²) >= 11 is 5.65. The topological polar surface area (TPSA) is 109 Å². The number of amides is 2. The van der Waals surface area contributed by atoms with Gasteiger partial charge in [-0.3, -0.25) is 14.4 Å². The molecule has 2 aromatic rings. The van der Waals surface area contributed by atoms with Crippen molar-refractivity contribution in [3.05, 3.63) is 64.4 Å². The highest BCUT2D eigenvalue weighted by Gasteiger charge is 2.55. The molecule has 2 amide bonds. The molecule has 38 heavy (non-hydrogen) atoms. The third kappa shape index (κ3) is 5.20. The molecule has 3 unspecified atom stereocenters. The summed E-state index contributed by atoms with van der Waals surface area (Å²) in [6.07, 6.45) is 0.216. The normalized spacial score (nSPS) is 30.2. The van der Waals surface area contributed by atoms with Crippen LogP contribution in [0.25, 0.3) is 0 Å². The van der Waals surface area contributed by atoms with E-state index in [0.717, 1.165) is 18.2 Å². The smallest absolute Gasteiger partial charge is 0.258 e. The SMILES string of the molecule is O=C(COc1ccc(Cl)c(F)c1)NC12CCC(NC(=O)C3CC(c4c(F)cccc4F)NO3)(CC1)CC2O. The molecule has 3 aliphatic carbocycles. The van der Waals surface area contributed by atoms with E-state index >= 15 is 0 Å². The van der Waals surface area contributed by atoms with E-state index < -0.39 is 58.6 Å². The molecule has 3 atom stereocenters. The molecule has 4 aliphatic rings. The van der Waals surface area contributed by atoms with Crippen molar-refractivity contribution in [2.45, 2.75) is 67.9 Å². The molecule has 0 aromatic heterocycles. The highest BCUT2D eigenvalue weighted by atomic mass is 35.5. The first-order chi connectivity index (χ1) is 18.1. The van der Waals surface area contributed by atoms with E-state index in [4.69, 9.17) is 21.2 Å². The van der Waals surface area contributed by atoms with Gasteiger partial charge in [0.1, 0.15) is 23.2 Å². The van der Waals surface area contributed by atoms with E-state index in [0.29, 0.717) is 25.7 Å². The fourth-order valence-electron chi connectivity index (χ4n) is 5.69. The molecule has 204 valence electrons. The van der Waals surface area contributed by atoms with Crippen LogP contribution in [0.1, 0.15) is 50.1 Å². The van der Waals surface area contributed by atoms with Gasteiger partial charge in [0.2, 0.25) is 0 Å². The first kappa shape index (κ1) is 26.7. The Morgan fingerprint density at radius 1 is 1.08 bits per heavy atom. The number of halogens is 4. The molecule has 12 heteroatoms. The van der Waals surface area contributed by atoms with Gasteiger partial charge in [-0.15, -0.1) is 0 Å². The predicted octanol–water partition coefficient (Wildman–Crippen LogP) is 3.22. The maximum atomic E-state index is 14.1. The Balaban J connectivity index is 1.15. The first-order valence-corrected chi connectivity index (χ1v) is 12.7. The molecular weight excluding hydrogens is 527 g/mol. The van der Waals surface area contributed by atoms with Crippen molar-refractivity contribution >= 4 is 23.4 Å². The van der Waals surface area contributed by atoms with E-state index in [-0.39, 0.29) is 35.8 Å². The highest BCUT2D eigenvalue weighted by molar-refractivity contribution is 6.30. The van der Waals surface area contributed by atoms with Crippen LogP contribution in [-0.4, -0.2) is 46.8 Å². The summed E-state index contributed by atoms with van der Waals surface area (Å²) in [6.45, 7) is -0.368. The van der Waals surface area contributed by atoms with Crippen molar-refractivity contribution in [2.24, 2.45) is 0 Å². The van der Waals surface area contributed by atoms with Gasteiger partial charge in [-0.25, -0.2) is 13.2 Å². The third-order valence-corrected chi connectivity index (χ3v) is 8.11. The Morgan fingerprint density at radius 2 is 1.79 bits per heavy atom. The van der Waals surface area contributed by atoms with Crippen LogP contribution in [0.15, 0.2) is 36.4 Å². The predicted molar refractivity (Wildman–Crippen MR) is 129 cm³/mol. The zero-order chi connectivity index (χ0) is 27.1. The number of benzene rings is 2. The minimum Gasteiger partial charge on any atom is -0.484 e. The highest BCUT2D eigenvalue weighted by Crippen LogP contribution is 2.47. The molecule has 2 bridgehead atoms. The second-order valence-electron chi connectivity index (χ2n) is 10.2. The largest absolute Gasteiger partial charge is 0.484 e. The number of fused-ring (bicyclic) bond motifs is 3. The van der Waals surface area contributed by atoms with Gasteiger partial charge in [-0.05, 0) is 56.4 Å². The van der Waals surface area contributed by atoms with Crippen LogP contribution in [0, 0.1) is 17.5 Å². The lowest BCUT2D eigenvalue weighted by molar-refractivity contribution is -0.142. The van der Waals surface area contributed by atoms with Gasteiger partial charge in [0.05, 0.1) is 22.7 Å². The molecule has 4 N–H and O–H groups in total. The lowest BCUT2D eigenvalue weighted by atomic mass is 9.59. The Kier molecular flexibility index (Phi) is 7.29. The van der Waals surface area contributed by atoms with Gasteiger partial charge in [-0.2, -0.15) is 5.48 Å². The lowest BCUT2D eigenvalue weighted by Crippen LogP contribution is -2.70. The number of aliphatic hydroxyl groups excluding tert-OH is 1. The lowest BCUT2D eigenvalue weighted by Gasteiger charge is -2.56. The minimum absolute atomic E-state index is 0.0415. The summed E-state index contributed by atoms with van der Waals surface area (Å²) in [5.41, 5.74) is 0.816. The molecule has 0 radical (unpaired) electrons. The third-order valence-electron chi connectivity index (χ3n) is 7.80. The number of rotatable bonds is 7. The monoisotopic (exact) mass is 553 g/mol. The molecule has 1 heterocycles. The van der Waals surface area contributed by atoms with Crippen LogP contribution in [0.2, 0.25) is 5.02 Å². The number of nitrogens with one attached hydrogen (secondary N) is 3. The number of hydrogen-bond donors (Lipinski definition) is 4. The van der Waals surface area contributed by atoms with Gasteiger partial charge >= 0.3 is 0 Å². The first-order valence-electron chi connectivity index (χ1n) is 12.3. The summed E-state index contributed by atoms with van der Waals surface area (Å²) in [7, 11) is 0. The average molecular weight is 554 g/mol. The molecule has 1 aliphatic heterocycles. The number of hydrogen-bond acceptors (Lipinski definition) is 6. The van der Waals surface area contributed by atoms with Crippen molar-refractivity contribution in [1.82, 2.24) is 16.1 Å². The molecule has 2 aromatic carbocycles. The van der Waals surface area contributed by atoms with Crippen LogP contribution >= 0.6 is 11.6 Å². The molecule has 0 spiro atoms. The summed E-state index contributed by atoms with van der Waals surface area (Å²) in [4.78, 5) is 30.9. The number of aliphatic hydroxyl groups is 1. The van der Waals surface area contributed by atoms with Gasteiger partial charge in [0.25, 0.3) is 11.8 Å². The number of carbonyl (C=O) groups excluding carboxylic acids is 2. The van der Waals surface area contributed by atoms with Gasteiger partial charge in [-0.1, -0.05) is 17.7 Å². The van der Waals surface area contributed by atoms with Crippen LogP contribution in [0.5, 0.6) is 5.75 Å². The Hall–Kier alpha value is -2.86. The number of carbonyl (C=O) groups is 2. The van der Waals surface area contributed by atoms with Crippen LogP contribution in [-0.2, 0) is 14.4 Å². The van der Waals surface area contributed by atoms with Crippen molar-refractivity contribution in [2.75, 3.05) is 6.61 Å². The zero-order valence-corrected chi connectivity index (χ0v) is 21.0. The molecular formula is C26H27ClF3N3O5. The fourth-order valence-corrected chi connectivity index (χ4v) is 5.81. The molecule has 8 nitrogen and oxygen atoms in total. The van der Waals surface area contributed by atoms with E-state index in [1.54, 1.807) is 0 Å². The second-order valence-corrected chi connectivity index (χ2v) is 10.6. The van der Waals surface area contributed by atoms with E-state index in [2.05, 4.69) is 16.1 Å². The van der Waals surface area contributed by atoms with Gasteiger partial charge in [0, 0.05) is 23.6 Å². The van der Waals surface area contributed by atoms with Crippen LogP contribution < -0.4 is 20.9 Å². The fraction of sp³-hybridized carbons (Fsp3) is 0.462. The van der Waals surface area contributed by atoms with E-state index in [1.807, 2.05) is 0 Å². The van der Waals surface area contributed by atoms with Crippen molar-refractivity contribution in [1.29, 1.82) is 0 Å². The summed E-state index contributed by atoms with van der Waals surface area (Å²) in [5.74, 6) is -2.86.